The van der Waals surface area contributed by atoms with E-state index in [2.05, 4.69) is 40.2 Å². The zero-order valence-electron chi connectivity index (χ0n) is 14.2. The van der Waals surface area contributed by atoms with Crippen LogP contribution in [0, 0.1) is 18.3 Å². The van der Waals surface area contributed by atoms with Gasteiger partial charge in [-0.1, -0.05) is 25.0 Å². The second-order valence-corrected chi connectivity index (χ2v) is 6.05. The smallest absolute Gasteiger partial charge is 0.193 e. The first-order chi connectivity index (χ1) is 11.2. The molecule has 0 aromatic heterocycles. The van der Waals surface area contributed by atoms with Crippen molar-refractivity contribution >= 4 is 5.96 Å². The van der Waals surface area contributed by atoms with E-state index >= 15 is 0 Å². The van der Waals surface area contributed by atoms with E-state index in [1.807, 2.05) is 19.2 Å². The molecular formula is C19H27N3O. The summed E-state index contributed by atoms with van der Waals surface area (Å²) in [6, 6.07) is 8.10. The van der Waals surface area contributed by atoms with Crippen LogP contribution in [0.25, 0.3) is 0 Å². The van der Waals surface area contributed by atoms with Crippen LogP contribution in [0.1, 0.15) is 25.3 Å². The fourth-order valence-electron chi connectivity index (χ4n) is 2.91. The average Bonchev–Trinajstić information content (AvgIpc) is 2.58. The fourth-order valence-corrected chi connectivity index (χ4v) is 2.91. The third-order valence-electron chi connectivity index (χ3n) is 4.11. The fraction of sp³-hybridized carbons (Fsp3) is 0.526. The molecule has 1 aliphatic heterocycles. The van der Waals surface area contributed by atoms with Gasteiger partial charge in [0.2, 0.25) is 0 Å². The minimum Gasteiger partial charge on any atom is -0.481 e. The van der Waals surface area contributed by atoms with E-state index in [0.717, 1.165) is 43.7 Å². The monoisotopic (exact) mass is 313 g/mol. The molecule has 2 rings (SSSR count). The molecule has 1 aromatic carbocycles. The summed E-state index contributed by atoms with van der Waals surface area (Å²) >= 11 is 0. The lowest BCUT2D eigenvalue weighted by Crippen LogP contribution is -2.46. The number of rotatable bonds is 5. The molecule has 0 bridgehead atoms. The number of terminal acetylenes is 1. The van der Waals surface area contributed by atoms with Crippen molar-refractivity contribution in [3.63, 3.8) is 0 Å². The summed E-state index contributed by atoms with van der Waals surface area (Å²) in [7, 11) is 1.86. The highest BCUT2D eigenvalue weighted by molar-refractivity contribution is 5.80. The van der Waals surface area contributed by atoms with Gasteiger partial charge in [0.15, 0.2) is 5.96 Å². The molecular weight excluding hydrogens is 286 g/mol. The van der Waals surface area contributed by atoms with Crippen LogP contribution < -0.4 is 10.1 Å². The van der Waals surface area contributed by atoms with Crippen molar-refractivity contribution < 1.29 is 4.74 Å². The highest BCUT2D eigenvalue weighted by Gasteiger charge is 2.18. The first-order valence-electron chi connectivity index (χ1n) is 8.33. The summed E-state index contributed by atoms with van der Waals surface area (Å²) in [5, 5.41) is 3.48. The zero-order chi connectivity index (χ0) is 16.5. The number of nitrogens with zero attached hydrogens (tertiary/aromatic N) is 2. The molecule has 0 aliphatic carbocycles. The van der Waals surface area contributed by atoms with Crippen molar-refractivity contribution in [3.05, 3.63) is 29.8 Å². The lowest BCUT2D eigenvalue weighted by molar-refractivity contribution is 0.266. The number of guanidine groups is 1. The largest absolute Gasteiger partial charge is 0.481 e. The Morgan fingerprint density at radius 3 is 2.87 bits per heavy atom. The van der Waals surface area contributed by atoms with E-state index < -0.39 is 0 Å². The molecule has 4 heteroatoms. The minimum atomic E-state index is 0.311. The summed E-state index contributed by atoms with van der Waals surface area (Å²) < 4.78 is 5.38. The summed E-state index contributed by atoms with van der Waals surface area (Å²) in [6.45, 7) is 5.70. The number of likely N-dealkylation sites (tertiary alicyclic amines) is 1. The van der Waals surface area contributed by atoms with Crippen molar-refractivity contribution in [3.8, 4) is 18.1 Å². The molecule has 0 radical (unpaired) electrons. The molecule has 124 valence electrons. The molecule has 0 spiro atoms. The highest BCUT2D eigenvalue weighted by Crippen LogP contribution is 2.15. The third-order valence-corrected chi connectivity index (χ3v) is 4.11. The lowest BCUT2D eigenvalue weighted by Gasteiger charge is -2.33. The Balaban J connectivity index is 1.78. The molecule has 1 fully saturated rings. The van der Waals surface area contributed by atoms with Crippen LogP contribution in [-0.2, 0) is 6.42 Å². The molecule has 23 heavy (non-hydrogen) atoms. The Labute approximate surface area is 139 Å². The molecule has 4 nitrogen and oxygen atoms in total. The minimum absolute atomic E-state index is 0.311. The van der Waals surface area contributed by atoms with Crippen LogP contribution in [0.4, 0.5) is 0 Å². The maximum Gasteiger partial charge on any atom is 0.193 e. The van der Waals surface area contributed by atoms with Crippen molar-refractivity contribution in [1.29, 1.82) is 0 Å². The number of piperidine rings is 1. The molecule has 0 amide bonds. The maximum absolute atomic E-state index is 5.38. The molecule has 1 N–H and O–H groups in total. The Morgan fingerprint density at radius 1 is 1.43 bits per heavy atom. The van der Waals surface area contributed by atoms with E-state index in [1.54, 1.807) is 0 Å². The molecule has 1 heterocycles. The van der Waals surface area contributed by atoms with Crippen LogP contribution in [0.2, 0.25) is 0 Å². The Bertz CT molecular complexity index is 545. The van der Waals surface area contributed by atoms with Crippen LogP contribution in [0.15, 0.2) is 29.3 Å². The van der Waals surface area contributed by atoms with Crippen molar-refractivity contribution in [2.75, 3.05) is 33.3 Å². The number of aliphatic imine (C=N–C) groups is 1. The second-order valence-electron chi connectivity index (χ2n) is 6.05. The summed E-state index contributed by atoms with van der Waals surface area (Å²) in [4.78, 5) is 6.78. The molecule has 1 aromatic rings. The van der Waals surface area contributed by atoms with E-state index in [4.69, 9.17) is 11.2 Å². The van der Waals surface area contributed by atoms with Crippen LogP contribution in [0.5, 0.6) is 5.75 Å². The number of nitrogens with one attached hydrogen (secondary N) is 1. The SMILES string of the molecule is C#CCOc1ccc(CCNC(=NC)N2CCCC(C)C2)cc1. The normalized spacial score (nSPS) is 18.4. The van der Waals surface area contributed by atoms with E-state index in [1.165, 1.54) is 18.4 Å². The summed E-state index contributed by atoms with van der Waals surface area (Å²) in [5.41, 5.74) is 1.27. The van der Waals surface area contributed by atoms with Crippen LogP contribution in [-0.4, -0.2) is 44.1 Å². The van der Waals surface area contributed by atoms with Gasteiger partial charge in [-0.3, -0.25) is 4.99 Å². The summed E-state index contributed by atoms with van der Waals surface area (Å²) in [6.07, 6.45) is 8.71. The van der Waals surface area contributed by atoms with Crippen molar-refractivity contribution in [2.24, 2.45) is 10.9 Å². The molecule has 1 atom stereocenters. The number of ether oxygens (including phenoxy) is 1. The van der Waals surface area contributed by atoms with Gasteiger partial charge in [0.1, 0.15) is 12.4 Å². The van der Waals surface area contributed by atoms with Crippen LogP contribution >= 0.6 is 0 Å². The highest BCUT2D eigenvalue weighted by atomic mass is 16.5. The number of benzene rings is 1. The van der Waals surface area contributed by atoms with Gasteiger partial charge in [0.05, 0.1) is 0 Å². The Hall–Kier alpha value is -2.15. The van der Waals surface area contributed by atoms with Gasteiger partial charge in [0, 0.05) is 26.7 Å². The maximum atomic E-state index is 5.38. The molecule has 1 saturated heterocycles. The second kappa shape index (κ2) is 9.09. The predicted octanol–water partition coefficient (Wildman–Crippen LogP) is 2.55. The Kier molecular flexibility index (Phi) is 6.80. The van der Waals surface area contributed by atoms with Gasteiger partial charge in [-0.05, 0) is 42.9 Å². The standard InChI is InChI=1S/C19H27N3O/c1-4-14-23-18-9-7-17(8-10-18)11-12-21-19(20-3)22-13-5-6-16(2)15-22/h1,7-10,16H,5-6,11-15H2,2-3H3,(H,20,21). The van der Waals surface area contributed by atoms with E-state index in [0.29, 0.717) is 6.61 Å². The van der Waals surface area contributed by atoms with E-state index in [9.17, 15) is 0 Å². The van der Waals surface area contributed by atoms with Gasteiger partial charge in [-0.2, -0.15) is 0 Å². The summed E-state index contributed by atoms with van der Waals surface area (Å²) in [5.74, 6) is 5.05. The third kappa shape index (κ3) is 5.52. The predicted molar refractivity (Wildman–Crippen MR) is 95.8 cm³/mol. The number of hydrogen-bond acceptors (Lipinski definition) is 2. The first-order valence-corrected chi connectivity index (χ1v) is 8.33. The molecule has 1 aliphatic rings. The molecule has 0 saturated carbocycles. The number of hydrogen-bond donors (Lipinski definition) is 1. The van der Waals surface area contributed by atoms with Gasteiger partial charge in [-0.15, -0.1) is 6.42 Å². The van der Waals surface area contributed by atoms with Crippen molar-refractivity contribution in [2.45, 2.75) is 26.2 Å². The average molecular weight is 313 g/mol. The topological polar surface area (TPSA) is 36.9 Å². The molecule has 1 unspecified atom stereocenters. The first kappa shape index (κ1) is 17.2. The van der Waals surface area contributed by atoms with Crippen LogP contribution in [0.3, 0.4) is 0 Å². The van der Waals surface area contributed by atoms with Gasteiger partial charge in [-0.25, -0.2) is 0 Å². The van der Waals surface area contributed by atoms with E-state index in [-0.39, 0.29) is 0 Å². The Morgan fingerprint density at radius 2 is 2.22 bits per heavy atom. The van der Waals surface area contributed by atoms with Gasteiger partial charge in [0.25, 0.3) is 0 Å². The quantitative estimate of drug-likeness (QED) is 0.516. The lowest BCUT2D eigenvalue weighted by atomic mass is 10.0. The van der Waals surface area contributed by atoms with Crippen molar-refractivity contribution in [1.82, 2.24) is 10.2 Å². The van der Waals surface area contributed by atoms with Gasteiger partial charge >= 0.3 is 0 Å². The zero-order valence-corrected chi connectivity index (χ0v) is 14.2. The van der Waals surface area contributed by atoms with Gasteiger partial charge < -0.3 is 15.0 Å².